The van der Waals surface area contributed by atoms with Crippen molar-refractivity contribution in [3.63, 3.8) is 0 Å². The van der Waals surface area contributed by atoms with E-state index < -0.39 is 34.9 Å². The Morgan fingerprint density at radius 2 is 1.76 bits per heavy atom. The van der Waals surface area contributed by atoms with Gasteiger partial charge in [0.25, 0.3) is 5.92 Å². The number of benzene rings is 2. The van der Waals surface area contributed by atoms with E-state index in [2.05, 4.69) is 15.3 Å². The summed E-state index contributed by atoms with van der Waals surface area (Å²) < 4.78 is 98.9. The molecule has 3 N–H and O–H groups in total. The summed E-state index contributed by atoms with van der Waals surface area (Å²) in [5.74, 6) is -3.58. The zero-order chi connectivity index (χ0) is 28.0. The smallest absolute Gasteiger partial charge is 0.419 e. The van der Waals surface area contributed by atoms with Crippen LogP contribution in [0, 0.1) is 18.2 Å². The van der Waals surface area contributed by atoms with Gasteiger partial charge in [-0.15, -0.1) is 0 Å². The van der Waals surface area contributed by atoms with E-state index in [1.54, 1.807) is 6.92 Å². The summed E-state index contributed by atoms with van der Waals surface area (Å²) in [5.41, 5.74) is 2.48. The number of nitrogens with one attached hydrogen (secondary N) is 1. The molecule has 4 rings (SSSR count). The summed E-state index contributed by atoms with van der Waals surface area (Å²) in [6.07, 6.45) is -5.32. The van der Waals surface area contributed by atoms with E-state index in [0.717, 1.165) is 6.07 Å². The number of alkyl halides is 5. The van der Waals surface area contributed by atoms with Crippen LogP contribution >= 0.6 is 0 Å². The third kappa shape index (κ3) is 5.11. The zero-order valence-electron chi connectivity index (χ0n) is 21.0. The SMILES string of the molecule is COCC1(COc2cc3c(N[C@H](C)c4cc(N)cc(C(F)(F)F)c4F)nc(C)nc3cc2OC)CC1(F)F. The fraction of sp³-hybridized carbons (Fsp3) is 0.440. The maximum atomic E-state index is 14.8. The lowest BCUT2D eigenvalue weighted by atomic mass is 10.0. The van der Waals surface area contributed by atoms with Crippen molar-refractivity contribution < 1.29 is 40.6 Å². The first kappa shape index (κ1) is 27.6. The van der Waals surface area contributed by atoms with Crippen LogP contribution in [0.3, 0.4) is 0 Å². The number of nitrogens with zero attached hydrogens (tertiary/aromatic N) is 2. The first-order chi connectivity index (χ1) is 17.7. The van der Waals surface area contributed by atoms with Crippen LogP contribution in [0.5, 0.6) is 11.5 Å². The molecular formula is C25H26F6N4O3. The minimum atomic E-state index is -4.94. The van der Waals surface area contributed by atoms with E-state index in [1.165, 1.54) is 33.3 Å². The van der Waals surface area contributed by atoms with Crippen molar-refractivity contribution in [1.82, 2.24) is 9.97 Å². The predicted molar refractivity (Wildman–Crippen MR) is 128 cm³/mol. The molecule has 13 heteroatoms. The lowest BCUT2D eigenvalue weighted by Gasteiger charge is -2.21. The lowest BCUT2D eigenvalue weighted by Crippen LogP contribution is -2.25. The number of ether oxygens (including phenoxy) is 3. The summed E-state index contributed by atoms with van der Waals surface area (Å²) in [7, 11) is 2.70. The number of fused-ring (bicyclic) bond motifs is 1. The molecule has 0 spiro atoms. The second kappa shape index (κ2) is 9.68. The van der Waals surface area contributed by atoms with E-state index in [1.807, 2.05) is 0 Å². The largest absolute Gasteiger partial charge is 0.493 e. The van der Waals surface area contributed by atoms with Crippen molar-refractivity contribution in [1.29, 1.82) is 0 Å². The molecule has 7 nitrogen and oxygen atoms in total. The molecule has 0 bridgehead atoms. The maximum Gasteiger partial charge on any atom is 0.419 e. The molecule has 1 fully saturated rings. The van der Waals surface area contributed by atoms with E-state index in [-0.39, 0.29) is 48.2 Å². The van der Waals surface area contributed by atoms with Crippen LogP contribution in [0.1, 0.15) is 36.3 Å². The molecular weight excluding hydrogens is 518 g/mol. The maximum absolute atomic E-state index is 14.8. The number of hydrogen-bond acceptors (Lipinski definition) is 7. The molecule has 1 aromatic heterocycles. The Balaban J connectivity index is 1.71. The summed E-state index contributed by atoms with van der Waals surface area (Å²) in [6.45, 7) is 2.50. The molecule has 38 heavy (non-hydrogen) atoms. The quantitative estimate of drug-likeness (QED) is 0.256. The molecule has 0 amide bonds. The second-order valence-corrected chi connectivity index (χ2v) is 9.36. The van der Waals surface area contributed by atoms with Gasteiger partial charge in [-0.1, -0.05) is 0 Å². The Bertz CT molecular complexity index is 1370. The topological polar surface area (TPSA) is 91.5 Å². The number of nitrogen functional groups attached to an aromatic ring is 1. The Labute approximate surface area is 214 Å². The van der Waals surface area contributed by atoms with Crippen LogP contribution in [0.4, 0.5) is 37.8 Å². The molecule has 2 aromatic carbocycles. The molecule has 1 saturated carbocycles. The third-order valence-electron chi connectivity index (χ3n) is 6.48. The number of rotatable bonds is 9. The van der Waals surface area contributed by atoms with Crippen molar-refractivity contribution in [3.8, 4) is 11.5 Å². The van der Waals surface area contributed by atoms with Gasteiger partial charge in [0.05, 0.1) is 36.3 Å². The van der Waals surface area contributed by atoms with Crippen LogP contribution in [-0.4, -0.2) is 43.3 Å². The Morgan fingerprint density at radius 1 is 1.08 bits per heavy atom. The normalized spacial score (nSPS) is 19.3. The van der Waals surface area contributed by atoms with E-state index in [9.17, 15) is 26.3 Å². The number of halogens is 6. The fourth-order valence-electron chi connectivity index (χ4n) is 4.34. The van der Waals surface area contributed by atoms with Gasteiger partial charge in [-0.3, -0.25) is 0 Å². The van der Waals surface area contributed by atoms with Crippen molar-refractivity contribution in [3.05, 3.63) is 47.0 Å². The minimum Gasteiger partial charge on any atom is -0.493 e. The van der Waals surface area contributed by atoms with E-state index >= 15 is 0 Å². The first-order valence-corrected chi connectivity index (χ1v) is 11.5. The van der Waals surface area contributed by atoms with Crippen LogP contribution in [0.25, 0.3) is 10.9 Å². The number of hydrogen-bond donors (Lipinski definition) is 2. The van der Waals surface area contributed by atoms with Gasteiger partial charge in [0.1, 0.15) is 24.1 Å². The monoisotopic (exact) mass is 544 g/mol. The number of methoxy groups -OCH3 is 2. The van der Waals surface area contributed by atoms with Crippen molar-refractivity contribution >= 4 is 22.4 Å². The van der Waals surface area contributed by atoms with Gasteiger partial charge in [-0.25, -0.2) is 23.1 Å². The highest BCUT2D eigenvalue weighted by atomic mass is 19.4. The average molecular weight is 544 g/mol. The van der Waals surface area contributed by atoms with Gasteiger partial charge in [0.2, 0.25) is 0 Å². The molecule has 206 valence electrons. The Morgan fingerprint density at radius 3 is 2.34 bits per heavy atom. The predicted octanol–water partition coefficient (Wildman–Crippen LogP) is 5.91. The molecule has 1 heterocycles. The Hall–Kier alpha value is -3.48. The van der Waals surface area contributed by atoms with E-state index in [0.29, 0.717) is 22.8 Å². The van der Waals surface area contributed by atoms with Crippen LogP contribution < -0.4 is 20.5 Å². The fourth-order valence-corrected chi connectivity index (χ4v) is 4.34. The molecule has 2 atom stereocenters. The van der Waals surface area contributed by atoms with Gasteiger partial charge in [-0.2, -0.15) is 13.2 Å². The van der Waals surface area contributed by atoms with Crippen LogP contribution in [0.2, 0.25) is 0 Å². The van der Waals surface area contributed by atoms with Gasteiger partial charge in [0.15, 0.2) is 11.5 Å². The molecule has 1 aliphatic carbocycles. The molecule has 1 unspecified atom stereocenters. The van der Waals surface area contributed by atoms with Crippen LogP contribution in [0.15, 0.2) is 24.3 Å². The van der Waals surface area contributed by atoms with Gasteiger partial charge >= 0.3 is 6.18 Å². The molecule has 3 aromatic rings. The number of aryl methyl sites for hydroxylation is 1. The van der Waals surface area contributed by atoms with Gasteiger partial charge in [-0.05, 0) is 32.0 Å². The zero-order valence-corrected chi connectivity index (χ0v) is 21.0. The Kier molecular flexibility index (Phi) is 7.02. The second-order valence-electron chi connectivity index (χ2n) is 9.36. The number of anilines is 2. The molecule has 0 radical (unpaired) electrons. The summed E-state index contributed by atoms with van der Waals surface area (Å²) >= 11 is 0. The third-order valence-corrected chi connectivity index (χ3v) is 6.48. The molecule has 1 aliphatic rings. The van der Waals surface area contributed by atoms with Gasteiger partial charge in [0, 0.05) is 36.2 Å². The van der Waals surface area contributed by atoms with Gasteiger partial charge < -0.3 is 25.3 Å². The summed E-state index contributed by atoms with van der Waals surface area (Å²) in [5, 5.41) is 3.27. The van der Waals surface area contributed by atoms with Crippen molar-refractivity contribution in [2.75, 3.05) is 38.5 Å². The highest BCUT2D eigenvalue weighted by molar-refractivity contribution is 5.92. The highest BCUT2D eigenvalue weighted by Crippen LogP contribution is 2.60. The summed E-state index contributed by atoms with van der Waals surface area (Å²) in [4.78, 5) is 8.67. The van der Waals surface area contributed by atoms with E-state index in [4.69, 9.17) is 19.9 Å². The minimum absolute atomic E-state index is 0.121. The first-order valence-electron chi connectivity index (χ1n) is 11.5. The number of nitrogens with two attached hydrogens (primary N) is 1. The molecule has 0 saturated heterocycles. The highest BCUT2D eigenvalue weighted by Gasteiger charge is 2.71. The van der Waals surface area contributed by atoms with Crippen molar-refractivity contribution in [2.45, 2.75) is 38.4 Å². The number of aromatic nitrogens is 2. The van der Waals surface area contributed by atoms with Crippen molar-refractivity contribution in [2.24, 2.45) is 5.41 Å². The summed E-state index contributed by atoms with van der Waals surface area (Å²) in [6, 6.07) is 3.64. The average Bonchev–Trinajstić information content (AvgIpc) is 3.37. The lowest BCUT2D eigenvalue weighted by molar-refractivity contribution is -0.140. The molecule has 0 aliphatic heterocycles. The van der Waals surface area contributed by atoms with Crippen LogP contribution in [-0.2, 0) is 10.9 Å². The standard InChI is InChI=1S/C25H26F6N4O3/c1-12(15-5-14(32)6-17(21(15)26)25(29,30)31)33-22-16-7-20(19(37-4)8-18(16)34-13(2)35-22)38-11-23(10-36-3)9-24(23,27)28/h5-8,12H,9-11,32H2,1-4H3,(H,33,34,35)/t12-,23?/m1/s1.